The van der Waals surface area contributed by atoms with Crippen molar-refractivity contribution >= 4 is 21.4 Å². The van der Waals surface area contributed by atoms with Crippen LogP contribution >= 0.6 is 0 Å². The first-order valence-corrected chi connectivity index (χ1v) is 7.32. The summed E-state index contributed by atoms with van der Waals surface area (Å²) in [5.74, 6) is 0. The van der Waals surface area contributed by atoms with E-state index in [4.69, 9.17) is 5.73 Å². The van der Waals surface area contributed by atoms with Crippen LogP contribution < -0.4 is 15.4 Å². The Balaban J connectivity index is 3.22. The van der Waals surface area contributed by atoms with Crippen molar-refractivity contribution in [2.75, 3.05) is 31.3 Å². The molecular formula is C12H21N3O3S. The summed E-state index contributed by atoms with van der Waals surface area (Å²) in [4.78, 5) is 1.90. The standard InChI is InChI=1S/C12H21N3O3S/c1-12(2,8-16)15(4)9-5-6-11(10(13)7-9)19(17,18)14-3/h5-7,14,16H,8,13H2,1-4H3. The quantitative estimate of drug-likeness (QED) is 0.681. The molecule has 1 rings (SSSR count). The van der Waals surface area contributed by atoms with E-state index in [1.807, 2.05) is 25.8 Å². The minimum absolute atomic E-state index is 0.0278. The van der Waals surface area contributed by atoms with Crippen LogP contribution in [0.2, 0.25) is 0 Å². The smallest absolute Gasteiger partial charge is 0.242 e. The molecule has 1 aromatic carbocycles. The molecule has 0 saturated heterocycles. The van der Waals surface area contributed by atoms with Crippen molar-refractivity contribution in [2.24, 2.45) is 0 Å². The molecule has 0 aromatic heterocycles. The zero-order chi connectivity index (χ0) is 14.8. The maximum Gasteiger partial charge on any atom is 0.242 e. The molecule has 0 saturated carbocycles. The van der Waals surface area contributed by atoms with Gasteiger partial charge in [0.25, 0.3) is 0 Å². The number of nitrogens with one attached hydrogen (secondary N) is 1. The Bertz CT molecular complexity index is 555. The van der Waals surface area contributed by atoms with Gasteiger partial charge in [-0.1, -0.05) is 0 Å². The van der Waals surface area contributed by atoms with Crippen LogP contribution in [0.5, 0.6) is 0 Å². The molecule has 0 unspecified atom stereocenters. The summed E-state index contributed by atoms with van der Waals surface area (Å²) in [5.41, 5.74) is 6.25. The van der Waals surface area contributed by atoms with E-state index >= 15 is 0 Å². The lowest BCUT2D eigenvalue weighted by Crippen LogP contribution is -2.44. The number of nitrogen functional groups attached to an aromatic ring is 1. The van der Waals surface area contributed by atoms with Crippen LogP contribution in [0.15, 0.2) is 23.1 Å². The number of likely N-dealkylation sites (N-methyl/N-ethyl adjacent to an activating group) is 1. The molecule has 4 N–H and O–H groups in total. The number of nitrogens with zero attached hydrogens (tertiary/aromatic N) is 1. The molecule has 0 radical (unpaired) electrons. The third kappa shape index (κ3) is 3.17. The van der Waals surface area contributed by atoms with Gasteiger partial charge in [-0.3, -0.25) is 0 Å². The normalized spacial score (nSPS) is 12.5. The fourth-order valence-corrected chi connectivity index (χ4v) is 2.39. The van der Waals surface area contributed by atoms with Crippen LogP contribution in [0.25, 0.3) is 0 Å². The van der Waals surface area contributed by atoms with Gasteiger partial charge in [-0.2, -0.15) is 0 Å². The van der Waals surface area contributed by atoms with Crippen LogP contribution in [-0.4, -0.2) is 39.8 Å². The van der Waals surface area contributed by atoms with Gasteiger partial charge < -0.3 is 15.7 Å². The van der Waals surface area contributed by atoms with Crippen LogP contribution in [0.3, 0.4) is 0 Å². The van der Waals surface area contributed by atoms with Gasteiger partial charge in [-0.15, -0.1) is 0 Å². The summed E-state index contributed by atoms with van der Waals surface area (Å²) in [6, 6.07) is 4.71. The number of rotatable bonds is 5. The molecule has 19 heavy (non-hydrogen) atoms. The van der Waals surface area contributed by atoms with E-state index in [2.05, 4.69) is 4.72 Å². The van der Waals surface area contributed by atoms with E-state index in [0.717, 1.165) is 5.69 Å². The third-order valence-corrected chi connectivity index (χ3v) is 4.72. The van der Waals surface area contributed by atoms with Crippen LogP contribution in [-0.2, 0) is 10.0 Å². The van der Waals surface area contributed by atoms with E-state index < -0.39 is 15.6 Å². The number of nitrogens with two attached hydrogens (primary N) is 1. The van der Waals surface area contributed by atoms with Crippen molar-refractivity contribution in [3.8, 4) is 0 Å². The van der Waals surface area contributed by atoms with Gasteiger partial charge in [0.05, 0.1) is 17.8 Å². The lowest BCUT2D eigenvalue weighted by molar-refractivity contribution is 0.216. The Morgan fingerprint density at radius 3 is 2.42 bits per heavy atom. The summed E-state index contributed by atoms with van der Waals surface area (Å²) >= 11 is 0. The number of benzene rings is 1. The summed E-state index contributed by atoms with van der Waals surface area (Å²) in [5, 5.41) is 9.34. The zero-order valence-electron chi connectivity index (χ0n) is 11.6. The Morgan fingerprint density at radius 1 is 1.42 bits per heavy atom. The molecule has 0 fully saturated rings. The molecule has 6 nitrogen and oxygen atoms in total. The van der Waals surface area contributed by atoms with Gasteiger partial charge in [0.15, 0.2) is 0 Å². The van der Waals surface area contributed by atoms with Crippen molar-refractivity contribution in [3.05, 3.63) is 18.2 Å². The number of sulfonamides is 1. The highest BCUT2D eigenvalue weighted by Gasteiger charge is 2.24. The van der Waals surface area contributed by atoms with Gasteiger partial charge >= 0.3 is 0 Å². The fraction of sp³-hybridized carbons (Fsp3) is 0.500. The first-order chi connectivity index (χ1) is 8.65. The van der Waals surface area contributed by atoms with Crippen LogP contribution in [0, 0.1) is 0 Å². The molecule has 0 aliphatic rings. The highest BCUT2D eigenvalue weighted by Crippen LogP contribution is 2.27. The highest BCUT2D eigenvalue weighted by atomic mass is 32.2. The fourth-order valence-electron chi connectivity index (χ4n) is 1.55. The minimum Gasteiger partial charge on any atom is -0.398 e. The van der Waals surface area contributed by atoms with Gasteiger partial charge in [0.1, 0.15) is 4.90 Å². The Labute approximate surface area is 114 Å². The molecule has 108 valence electrons. The van der Waals surface area contributed by atoms with Crippen molar-refractivity contribution in [3.63, 3.8) is 0 Å². The maximum atomic E-state index is 11.7. The molecule has 7 heteroatoms. The topological polar surface area (TPSA) is 95.7 Å². The first kappa shape index (κ1) is 15.7. The molecule has 1 aromatic rings. The summed E-state index contributed by atoms with van der Waals surface area (Å²) in [7, 11) is -0.402. The van der Waals surface area contributed by atoms with E-state index in [1.54, 1.807) is 12.1 Å². The van der Waals surface area contributed by atoms with Crippen molar-refractivity contribution in [1.29, 1.82) is 0 Å². The van der Waals surface area contributed by atoms with E-state index in [9.17, 15) is 13.5 Å². The first-order valence-electron chi connectivity index (χ1n) is 5.83. The summed E-state index contributed by atoms with van der Waals surface area (Å²) < 4.78 is 25.6. The monoisotopic (exact) mass is 287 g/mol. The van der Waals surface area contributed by atoms with Crippen molar-refractivity contribution in [2.45, 2.75) is 24.3 Å². The van der Waals surface area contributed by atoms with Gasteiger partial charge in [-0.05, 0) is 39.1 Å². The summed E-state index contributed by atoms with van der Waals surface area (Å²) in [6.45, 7) is 3.73. The Kier molecular flexibility index (Phi) is 4.44. The van der Waals surface area contributed by atoms with Crippen LogP contribution in [0.4, 0.5) is 11.4 Å². The van der Waals surface area contributed by atoms with Gasteiger partial charge in [0.2, 0.25) is 10.0 Å². The second-order valence-corrected chi connectivity index (χ2v) is 6.81. The largest absolute Gasteiger partial charge is 0.398 e. The molecular weight excluding hydrogens is 266 g/mol. The molecule has 0 bridgehead atoms. The molecule has 0 spiro atoms. The maximum absolute atomic E-state index is 11.7. The van der Waals surface area contributed by atoms with Crippen molar-refractivity contribution < 1.29 is 13.5 Å². The third-order valence-electron chi connectivity index (χ3n) is 3.23. The van der Waals surface area contributed by atoms with Crippen LogP contribution in [0.1, 0.15) is 13.8 Å². The number of hydrogen-bond acceptors (Lipinski definition) is 5. The predicted molar refractivity (Wildman–Crippen MR) is 76.7 cm³/mol. The predicted octanol–water partition coefficient (Wildman–Crippen LogP) is 0.384. The second kappa shape index (κ2) is 5.36. The zero-order valence-corrected chi connectivity index (χ0v) is 12.5. The second-order valence-electron chi connectivity index (χ2n) is 4.96. The van der Waals surface area contributed by atoms with E-state index in [-0.39, 0.29) is 17.2 Å². The van der Waals surface area contributed by atoms with Gasteiger partial charge in [0, 0.05) is 12.7 Å². The number of anilines is 2. The molecule has 0 aliphatic heterocycles. The Hall–Kier alpha value is -1.31. The van der Waals surface area contributed by atoms with Gasteiger partial charge in [-0.25, -0.2) is 13.1 Å². The number of aliphatic hydroxyl groups is 1. The molecule has 0 atom stereocenters. The molecule has 0 amide bonds. The van der Waals surface area contributed by atoms with Crippen molar-refractivity contribution in [1.82, 2.24) is 4.72 Å². The summed E-state index contributed by atoms with van der Waals surface area (Å²) in [6.07, 6.45) is 0. The lowest BCUT2D eigenvalue weighted by atomic mass is 10.0. The Morgan fingerprint density at radius 2 is 2.00 bits per heavy atom. The average Bonchev–Trinajstić information content (AvgIpc) is 2.37. The highest BCUT2D eigenvalue weighted by molar-refractivity contribution is 7.89. The number of hydrogen-bond donors (Lipinski definition) is 3. The number of aliphatic hydroxyl groups excluding tert-OH is 1. The van der Waals surface area contributed by atoms with E-state index in [0.29, 0.717) is 0 Å². The lowest BCUT2D eigenvalue weighted by Gasteiger charge is -2.36. The van der Waals surface area contributed by atoms with E-state index in [1.165, 1.54) is 13.1 Å². The minimum atomic E-state index is -3.56. The SMILES string of the molecule is CNS(=O)(=O)c1ccc(N(C)C(C)(C)CO)cc1N. The molecule has 0 heterocycles. The average molecular weight is 287 g/mol. The molecule has 0 aliphatic carbocycles.